The number of hydrogen-bond acceptors (Lipinski definition) is 0. The predicted octanol–water partition coefficient (Wildman–Crippen LogP) is 5.12. The molecule has 15 heavy (non-hydrogen) atoms. The highest BCUT2D eigenvalue weighted by Crippen LogP contribution is 2.15. The Balaban J connectivity index is 3.05. The summed E-state index contributed by atoms with van der Waals surface area (Å²) >= 11 is 0. The summed E-state index contributed by atoms with van der Waals surface area (Å²) in [4.78, 5) is 0. The minimum atomic E-state index is -2.80. The lowest BCUT2D eigenvalue weighted by molar-refractivity contribution is 0.0440. The third-order valence-electron chi connectivity index (χ3n) is 2.61. The van der Waals surface area contributed by atoms with Crippen LogP contribution in [0.1, 0.15) is 64.7 Å². The maximum atomic E-state index is 12.5. The average molecular weight is 224 g/mol. The smallest absolute Gasteiger partial charge is 0.241 e. The second kappa shape index (κ2) is 10.3. The van der Waals surface area contributed by atoms with E-state index in [2.05, 4.69) is 6.92 Å². The van der Waals surface area contributed by atoms with Gasteiger partial charge in [-0.15, -0.1) is 0 Å². The number of hydrogen-bond donors (Lipinski definition) is 0. The van der Waals surface area contributed by atoms with Gasteiger partial charge < -0.3 is 0 Å². The van der Waals surface area contributed by atoms with Gasteiger partial charge in [0.15, 0.2) is 6.17 Å². The molecular weight excluding hydrogens is 201 g/mol. The maximum Gasteiger partial charge on any atom is 0.269 e. The second-order valence-corrected chi connectivity index (χ2v) is 4.11. The largest absolute Gasteiger partial charge is 0.269 e. The van der Waals surface area contributed by atoms with Crippen LogP contribution in [0.3, 0.4) is 0 Å². The molecule has 0 nitrogen and oxygen atoms in total. The molecule has 0 amide bonds. The summed E-state index contributed by atoms with van der Waals surface area (Å²) in [5.41, 5.74) is 0. The first kappa shape index (κ1) is 14.8. The Morgan fingerprint density at radius 3 is 1.67 bits per heavy atom. The van der Waals surface area contributed by atoms with Crippen molar-refractivity contribution in [1.82, 2.24) is 0 Å². The van der Waals surface area contributed by atoms with Crippen LogP contribution < -0.4 is 0 Å². The summed E-state index contributed by atoms with van der Waals surface area (Å²) in [6, 6.07) is 0. The molecular formula is C12H23F3. The Hall–Kier alpha value is -0.210. The fourth-order valence-electron chi connectivity index (χ4n) is 1.60. The molecule has 0 bridgehead atoms. The van der Waals surface area contributed by atoms with Crippen LogP contribution in [-0.2, 0) is 0 Å². The lowest BCUT2D eigenvalue weighted by atomic mass is 10.1. The van der Waals surface area contributed by atoms with Gasteiger partial charge in [-0.25, -0.2) is 13.2 Å². The standard InChI is InChI=1S/C12H23F3/c1-2-3-4-5-6-7-8-9-10-11(13)12(14)15/h11-12H,2-10H2,1H3. The van der Waals surface area contributed by atoms with Crippen molar-refractivity contribution in [3.63, 3.8) is 0 Å². The minimum absolute atomic E-state index is 0.0205. The average Bonchev–Trinajstić information content (AvgIpc) is 2.21. The first-order valence-corrected chi connectivity index (χ1v) is 6.10. The van der Waals surface area contributed by atoms with Crippen molar-refractivity contribution in [3.05, 3.63) is 0 Å². The fraction of sp³-hybridized carbons (Fsp3) is 1.00. The van der Waals surface area contributed by atoms with Gasteiger partial charge in [-0.3, -0.25) is 0 Å². The van der Waals surface area contributed by atoms with Gasteiger partial charge in [0.2, 0.25) is 0 Å². The number of halogens is 3. The van der Waals surface area contributed by atoms with Crippen molar-refractivity contribution in [1.29, 1.82) is 0 Å². The molecule has 0 radical (unpaired) electrons. The summed E-state index contributed by atoms with van der Waals surface area (Å²) in [6.45, 7) is 2.17. The molecule has 92 valence electrons. The van der Waals surface area contributed by atoms with Gasteiger partial charge in [-0.2, -0.15) is 0 Å². The summed E-state index contributed by atoms with van der Waals surface area (Å²) in [5.74, 6) is 0. The molecule has 0 aromatic carbocycles. The van der Waals surface area contributed by atoms with Crippen LogP contribution in [0.15, 0.2) is 0 Å². The number of alkyl halides is 3. The molecule has 0 spiro atoms. The normalized spacial score (nSPS) is 13.4. The lowest BCUT2D eigenvalue weighted by Gasteiger charge is -2.06. The van der Waals surface area contributed by atoms with E-state index in [1.807, 2.05) is 0 Å². The zero-order valence-corrected chi connectivity index (χ0v) is 9.65. The predicted molar refractivity (Wildman–Crippen MR) is 58.1 cm³/mol. The molecule has 0 aliphatic rings. The zero-order chi connectivity index (χ0) is 11.5. The molecule has 1 unspecified atom stereocenters. The van der Waals surface area contributed by atoms with Gasteiger partial charge in [0.05, 0.1) is 0 Å². The molecule has 0 aliphatic heterocycles. The van der Waals surface area contributed by atoms with E-state index in [0.717, 1.165) is 19.3 Å². The van der Waals surface area contributed by atoms with E-state index in [1.165, 1.54) is 25.7 Å². The van der Waals surface area contributed by atoms with Crippen LogP contribution in [0.5, 0.6) is 0 Å². The molecule has 0 rings (SSSR count). The van der Waals surface area contributed by atoms with E-state index in [4.69, 9.17) is 0 Å². The number of unbranched alkanes of at least 4 members (excludes halogenated alkanes) is 7. The van der Waals surface area contributed by atoms with E-state index in [9.17, 15) is 13.2 Å². The first-order valence-electron chi connectivity index (χ1n) is 6.10. The summed E-state index contributed by atoms with van der Waals surface area (Å²) in [6.07, 6.45) is 4.01. The quantitative estimate of drug-likeness (QED) is 0.452. The second-order valence-electron chi connectivity index (χ2n) is 4.11. The Morgan fingerprint density at radius 1 is 0.733 bits per heavy atom. The number of rotatable bonds is 10. The molecule has 0 saturated carbocycles. The van der Waals surface area contributed by atoms with Crippen LogP contribution in [0, 0.1) is 0 Å². The van der Waals surface area contributed by atoms with E-state index >= 15 is 0 Å². The van der Waals surface area contributed by atoms with Gasteiger partial charge in [-0.1, -0.05) is 58.3 Å². The highest BCUT2D eigenvalue weighted by molar-refractivity contribution is 4.58. The van der Waals surface area contributed by atoms with Crippen molar-refractivity contribution in [2.45, 2.75) is 77.3 Å². The topological polar surface area (TPSA) is 0 Å². The summed E-state index contributed by atoms with van der Waals surface area (Å²) < 4.78 is 36.0. The maximum absolute atomic E-state index is 12.5. The minimum Gasteiger partial charge on any atom is -0.241 e. The van der Waals surface area contributed by atoms with Crippen LogP contribution in [0.25, 0.3) is 0 Å². The molecule has 0 fully saturated rings. The zero-order valence-electron chi connectivity index (χ0n) is 9.65. The SMILES string of the molecule is CCCCCCCCCCC(F)C(F)F. The molecule has 0 aromatic heterocycles. The van der Waals surface area contributed by atoms with E-state index in [-0.39, 0.29) is 6.42 Å². The Kier molecular flexibility index (Phi) is 10.2. The van der Waals surface area contributed by atoms with Crippen molar-refractivity contribution in [2.75, 3.05) is 0 Å². The summed E-state index contributed by atoms with van der Waals surface area (Å²) in [7, 11) is 0. The third-order valence-corrected chi connectivity index (χ3v) is 2.61. The van der Waals surface area contributed by atoms with Crippen LogP contribution in [0.4, 0.5) is 13.2 Å². The Morgan fingerprint density at radius 2 is 1.20 bits per heavy atom. The van der Waals surface area contributed by atoms with Crippen LogP contribution in [-0.4, -0.2) is 12.6 Å². The van der Waals surface area contributed by atoms with E-state index < -0.39 is 12.6 Å². The van der Waals surface area contributed by atoms with Gasteiger partial charge in [-0.05, 0) is 6.42 Å². The third kappa shape index (κ3) is 10.1. The van der Waals surface area contributed by atoms with Crippen molar-refractivity contribution < 1.29 is 13.2 Å². The molecule has 0 heterocycles. The van der Waals surface area contributed by atoms with Gasteiger partial charge in [0, 0.05) is 0 Å². The first-order chi connectivity index (χ1) is 7.18. The van der Waals surface area contributed by atoms with Crippen molar-refractivity contribution in [3.8, 4) is 0 Å². The van der Waals surface area contributed by atoms with E-state index in [0.29, 0.717) is 6.42 Å². The lowest BCUT2D eigenvalue weighted by Crippen LogP contribution is -2.11. The van der Waals surface area contributed by atoms with Gasteiger partial charge >= 0.3 is 0 Å². The monoisotopic (exact) mass is 224 g/mol. The van der Waals surface area contributed by atoms with Gasteiger partial charge in [0.25, 0.3) is 6.43 Å². The Labute approximate surface area is 91.3 Å². The molecule has 3 heteroatoms. The fourth-order valence-corrected chi connectivity index (χ4v) is 1.60. The Bertz CT molecular complexity index is 126. The van der Waals surface area contributed by atoms with Crippen molar-refractivity contribution >= 4 is 0 Å². The molecule has 0 saturated heterocycles. The highest BCUT2D eigenvalue weighted by atomic mass is 19.3. The molecule has 0 N–H and O–H groups in total. The molecule has 0 aliphatic carbocycles. The van der Waals surface area contributed by atoms with Crippen LogP contribution in [0.2, 0.25) is 0 Å². The van der Waals surface area contributed by atoms with E-state index in [1.54, 1.807) is 0 Å². The van der Waals surface area contributed by atoms with Gasteiger partial charge in [0.1, 0.15) is 0 Å². The van der Waals surface area contributed by atoms with Crippen molar-refractivity contribution in [2.24, 2.45) is 0 Å². The molecule has 0 aromatic rings. The molecule has 1 atom stereocenters. The summed E-state index contributed by atoms with van der Waals surface area (Å²) in [5, 5.41) is 0. The van der Waals surface area contributed by atoms with Crippen LogP contribution >= 0.6 is 0 Å². The highest BCUT2D eigenvalue weighted by Gasteiger charge is 2.17.